The first-order chi connectivity index (χ1) is 14.7. The number of fused-ring (bicyclic) bond motifs is 2. The van der Waals surface area contributed by atoms with E-state index in [0.717, 1.165) is 6.42 Å². The zero-order valence-corrected chi connectivity index (χ0v) is 18.7. The van der Waals surface area contributed by atoms with Crippen LogP contribution in [0.5, 0.6) is 5.75 Å². The number of nitrogens with zero attached hydrogens (tertiary/aromatic N) is 2. The first-order valence-corrected chi connectivity index (χ1v) is 11.0. The highest BCUT2D eigenvalue weighted by molar-refractivity contribution is 6.33. The molecule has 2 bridgehead atoms. The van der Waals surface area contributed by atoms with Gasteiger partial charge in [-0.2, -0.15) is 5.10 Å². The van der Waals surface area contributed by atoms with Crippen LogP contribution in [0.15, 0.2) is 23.3 Å². The number of halogens is 1. The predicted octanol–water partition coefficient (Wildman–Crippen LogP) is 2.87. The lowest BCUT2D eigenvalue weighted by Crippen LogP contribution is -2.58. The molecule has 0 aliphatic heterocycles. The zero-order valence-electron chi connectivity index (χ0n) is 17.9. The Kier molecular flexibility index (Phi) is 5.68. The Morgan fingerprint density at radius 1 is 1.39 bits per heavy atom. The van der Waals surface area contributed by atoms with Gasteiger partial charge in [-0.15, -0.1) is 0 Å². The highest BCUT2D eigenvalue weighted by Crippen LogP contribution is 2.61. The standard InChI is InChI=1S/C22H28ClN5O3/c1-11-14-6-13(22(14,2)3)7-15(11)26-20-16(27-28-21(31)19(20)23)8-18(30)25-9-12-4-5-24-10-17(12)29/h4-5,10-11,13-15,29H,6-9H2,1-3H3,(H,25,30)(H2,26,28,31)/t11-,13+,14-,15-/m1/s1. The van der Waals surface area contributed by atoms with Crippen molar-refractivity contribution < 1.29 is 9.90 Å². The average molecular weight is 446 g/mol. The quantitative estimate of drug-likeness (QED) is 0.542. The highest BCUT2D eigenvalue weighted by atomic mass is 35.5. The van der Waals surface area contributed by atoms with Gasteiger partial charge in [-0.3, -0.25) is 14.6 Å². The minimum atomic E-state index is -0.482. The lowest BCUT2D eigenvalue weighted by Gasteiger charge is -2.62. The summed E-state index contributed by atoms with van der Waals surface area (Å²) in [6.45, 7) is 7.06. The van der Waals surface area contributed by atoms with Crippen molar-refractivity contribution in [3.05, 3.63) is 45.1 Å². The number of aromatic amines is 1. The first-order valence-electron chi connectivity index (χ1n) is 10.6. The van der Waals surface area contributed by atoms with E-state index in [0.29, 0.717) is 40.1 Å². The molecule has 8 nitrogen and oxygen atoms in total. The second-order valence-electron chi connectivity index (χ2n) is 9.35. The molecule has 4 N–H and O–H groups in total. The fourth-order valence-corrected chi connectivity index (χ4v) is 5.44. The number of carbonyl (C=O) groups excluding carboxylic acids is 1. The molecule has 2 heterocycles. The summed E-state index contributed by atoms with van der Waals surface area (Å²) in [7, 11) is 0. The molecule has 9 heteroatoms. The summed E-state index contributed by atoms with van der Waals surface area (Å²) in [5.41, 5.74) is 1.25. The molecule has 31 heavy (non-hydrogen) atoms. The van der Waals surface area contributed by atoms with E-state index in [1.807, 2.05) is 0 Å². The van der Waals surface area contributed by atoms with Crippen molar-refractivity contribution in [2.45, 2.75) is 52.6 Å². The van der Waals surface area contributed by atoms with Crippen molar-refractivity contribution in [1.82, 2.24) is 20.5 Å². The normalized spacial score (nSPS) is 26.1. The SMILES string of the molecule is C[C@@H]1[C@H]2C[C@@H](C[C@H]1Nc1c(CC(=O)NCc3ccncc3O)n[nH]c(=O)c1Cl)C2(C)C. The van der Waals surface area contributed by atoms with Crippen LogP contribution in [0.4, 0.5) is 5.69 Å². The van der Waals surface area contributed by atoms with Crippen LogP contribution in [0.25, 0.3) is 0 Å². The van der Waals surface area contributed by atoms with Gasteiger partial charge in [0.25, 0.3) is 5.56 Å². The van der Waals surface area contributed by atoms with Crippen molar-refractivity contribution >= 4 is 23.2 Å². The van der Waals surface area contributed by atoms with Crippen LogP contribution < -0.4 is 16.2 Å². The summed E-state index contributed by atoms with van der Waals surface area (Å²) in [4.78, 5) is 28.5. The molecule has 0 unspecified atom stereocenters. The molecule has 0 aromatic carbocycles. The summed E-state index contributed by atoms with van der Waals surface area (Å²) < 4.78 is 0. The summed E-state index contributed by atoms with van der Waals surface area (Å²) >= 11 is 6.33. The number of aromatic nitrogens is 3. The zero-order chi connectivity index (χ0) is 22.3. The van der Waals surface area contributed by atoms with Gasteiger partial charge in [0.05, 0.1) is 24.0 Å². The van der Waals surface area contributed by atoms with Crippen molar-refractivity contribution in [3.63, 3.8) is 0 Å². The number of rotatable bonds is 6. The van der Waals surface area contributed by atoms with Gasteiger partial charge in [-0.05, 0) is 42.1 Å². The van der Waals surface area contributed by atoms with Crippen LogP contribution >= 0.6 is 11.6 Å². The number of H-pyrrole nitrogens is 1. The van der Waals surface area contributed by atoms with Crippen molar-refractivity contribution in [3.8, 4) is 5.75 Å². The van der Waals surface area contributed by atoms with Crippen molar-refractivity contribution in [2.24, 2.45) is 23.2 Å². The van der Waals surface area contributed by atoms with E-state index >= 15 is 0 Å². The molecule has 3 aliphatic rings. The summed E-state index contributed by atoms with van der Waals surface area (Å²) in [6.07, 6.45) is 5.06. The number of carbonyl (C=O) groups is 1. The Balaban J connectivity index is 1.48. The van der Waals surface area contributed by atoms with E-state index in [2.05, 4.69) is 46.6 Å². The van der Waals surface area contributed by atoms with Gasteiger partial charge in [0.15, 0.2) is 0 Å². The molecule has 2 aromatic heterocycles. The summed E-state index contributed by atoms with van der Waals surface area (Å²) in [5.74, 6) is 1.40. The van der Waals surface area contributed by atoms with Crippen LogP contribution in [-0.4, -0.2) is 32.2 Å². The lowest BCUT2D eigenvalue weighted by atomic mass is 9.45. The number of pyridine rings is 1. The van der Waals surface area contributed by atoms with Gasteiger partial charge in [0.2, 0.25) is 5.91 Å². The maximum Gasteiger partial charge on any atom is 0.285 e. The number of aromatic hydroxyl groups is 1. The molecular formula is C22H28ClN5O3. The molecule has 0 radical (unpaired) electrons. The average Bonchev–Trinajstić information content (AvgIpc) is 2.73. The van der Waals surface area contributed by atoms with Crippen molar-refractivity contribution in [1.29, 1.82) is 0 Å². The van der Waals surface area contributed by atoms with Gasteiger partial charge >= 0.3 is 0 Å². The highest BCUT2D eigenvalue weighted by Gasteiger charge is 2.56. The second-order valence-corrected chi connectivity index (χ2v) is 9.73. The molecule has 0 spiro atoms. The van der Waals surface area contributed by atoms with E-state index in [-0.39, 0.29) is 35.7 Å². The van der Waals surface area contributed by atoms with Crippen molar-refractivity contribution in [2.75, 3.05) is 5.32 Å². The van der Waals surface area contributed by atoms with Gasteiger partial charge < -0.3 is 15.7 Å². The van der Waals surface area contributed by atoms with E-state index in [1.165, 1.54) is 12.6 Å². The second kappa shape index (κ2) is 8.15. The Morgan fingerprint density at radius 3 is 2.84 bits per heavy atom. The van der Waals surface area contributed by atoms with Gasteiger partial charge in [0, 0.05) is 24.3 Å². The van der Waals surface area contributed by atoms with E-state index in [1.54, 1.807) is 12.3 Å². The summed E-state index contributed by atoms with van der Waals surface area (Å²) in [6, 6.07) is 1.81. The minimum absolute atomic E-state index is 0.0168. The molecule has 166 valence electrons. The third-order valence-electron chi connectivity index (χ3n) is 7.38. The van der Waals surface area contributed by atoms with Gasteiger partial charge in [-0.25, -0.2) is 5.10 Å². The lowest BCUT2D eigenvalue weighted by molar-refractivity contribution is -0.120. The predicted molar refractivity (Wildman–Crippen MR) is 118 cm³/mol. The van der Waals surface area contributed by atoms with Crippen LogP contribution in [0.3, 0.4) is 0 Å². The van der Waals surface area contributed by atoms with E-state index in [4.69, 9.17) is 11.6 Å². The van der Waals surface area contributed by atoms with Crippen LogP contribution in [0, 0.1) is 23.2 Å². The van der Waals surface area contributed by atoms with E-state index < -0.39 is 5.56 Å². The number of amides is 1. The third kappa shape index (κ3) is 4.01. The molecule has 4 atom stereocenters. The molecule has 3 saturated carbocycles. The number of anilines is 1. The Morgan fingerprint density at radius 2 is 2.16 bits per heavy atom. The number of hydrogen-bond acceptors (Lipinski definition) is 6. The van der Waals surface area contributed by atoms with Crippen LogP contribution in [0.2, 0.25) is 5.02 Å². The molecule has 1 amide bonds. The Hall–Kier alpha value is -2.61. The molecule has 3 aliphatic carbocycles. The number of nitrogens with one attached hydrogen (secondary N) is 3. The van der Waals surface area contributed by atoms with Gasteiger partial charge in [-0.1, -0.05) is 32.4 Å². The third-order valence-corrected chi connectivity index (χ3v) is 7.74. The fourth-order valence-electron chi connectivity index (χ4n) is 5.24. The molecular weight excluding hydrogens is 418 g/mol. The maximum atomic E-state index is 12.5. The molecule has 5 rings (SSSR count). The summed E-state index contributed by atoms with van der Waals surface area (Å²) in [5, 5.41) is 22.5. The largest absolute Gasteiger partial charge is 0.506 e. The molecule has 3 fully saturated rings. The van der Waals surface area contributed by atoms with Crippen LogP contribution in [0.1, 0.15) is 44.9 Å². The maximum absolute atomic E-state index is 12.5. The topological polar surface area (TPSA) is 120 Å². The number of hydrogen-bond donors (Lipinski definition) is 4. The molecule has 0 saturated heterocycles. The Labute approximate surface area is 185 Å². The Bertz CT molecular complexity index is 1050. The van der Waals surface area contributed by atoms with E-state index in [9.17, 15) is 14.7 Å². The first kappa shape index (κ1) is 21.6. The monoisotopic (exact) mass is 445 g/mol. The van der Waals surface area contributed by atoms with Gasteiger partial charge in [0.1, 0.15) is 10.8 Å². The molecule has 2 aromatic rings. The van der Waals surface area contributed by atoms with Crippen LogP contribution in [-0.2, 0) is 17.8 Å². The fraction of sp³-hybridized carbons (Fsp3) is 0.545. The smallest absolute Gasteiger partial charge is 0.285 e. The minimum Gasteiger partial charge on any atom is -0.506 e.